The third kappa shape index (κ3) is 9.31. The van der Waals surface area contributed by atoms with Crippen LogP contribution in [0.1, 0.15) is 28.7 Å². The van der Waals surface area contributed by atoms with Crippen LogP contribution in [-0.4, -0.2) is 46.0 Å². The second-order valence-electron chi connectivity index (χ2n) is 9.50. The first-order valence-electron chi connectivity index (χ1n) is 13.7. The van der Waals surface area contributed by atoms with Crippen LogP contribution in [0.15, 0.2) is 85.7 Å². The van der Waals surface area contributed by atoms with Crippen molar-refractivity contribution in [2.24, 2.45) is 20.5 Å². The lowest BCUT2D eigenvalue weighted by Gasteiger charge is -2.15. The van der Waals surface area contributed by atoms with Crippen LogP contribution >= 0.6 is 0 Å². The summed E-state index contributed by atoms with van der Waals surface area (Å²) in [6.07, 6.45) is 0.738. The van der Waals surface area contributed by atoms with Crippen molar-refractivity contribution in [1.29, 1.82) is 5.26 Å². The van der Waals surface area contributed by atoms with Crippen LogP contribution in [-0.2, 0) is 26.3 Å². The Hall–Kier alpha value is -4.38. The molecule has 0 aliphatic carbocycles. The molecule has 13 heteroatoms. The van der Waals surface area contributed by atoms with Crippen molar-refractivity contribution >= 4 is 56.0 Å². The van der Waals surface area contributed by atoms with Gasteiger partial charge in [-0.15, -0.1) is 5.11 Å². The predicted octanol–water partition coefficient (Wildman–Crippen LogP) is 7.71. The van der Waals surface area contributed by atoms with E-state index in [4.69, 9.17) is 4.74 Å². The van der Waals surface area contributed by atoms with Crippen molar-refractivity contribution in [3.05, 3.63) is 82.6 Å². The Morgan fingerprint density at radius 1 is 0.932 bits per heavy atom. The number of anilines is 2. The number of rotatable bonds is 16. The fourth-order valence-electron chi connectivity index (χ4n) is 3.94. The zero-order chi connectivity index (χ0) is 32.1. The maximum Gasteiger partial charge on any atom is 0.156 e. The average Bonchev–Trinajstić information content (AvgIpc) is 3.03. The first kappa shape index (κ1) is 34.1. The molecule has 0 amide bonds. The lowest BCUT2D eigenvalue weighted by atomic mass is 10.1. The van der Waals surface area contributed by atoms with Gasteiger partial charge in [0.25, 0.3) is 0 Å². The molecule has 2 unspecified atom stereocenters. The van der Waals surface area contributed by atoms with Crippen molar-refractivity contribution < 1.29 is 13.2 Å². The van der Waals surface area contributed by atoms with Gasteiger partial charge in [0, 0.05) is 59.2 Å². The predicted molar refractivity (Wildman–Crippen MR) is 178 cm³/mol. The monoisotopic (exact) mass is 632 g/mol. The van der Waals surface area contributed by atoms with Crippen LogP contribution in [0.2, 0.25) is 0 Å². The lowest BCUT2D eigenvalue weighted by molar-refractivity contribution is 0.198. The van der Waals surface area contributed by atoms with E-state index in [1.165, 1.54) is 10.8 Å². The molecule has 0 saturated carbocycles. The Kier molecular flexibility index (Phi) is 13.2. The highest BCUT2D eigenvalue weighted by molar-refractivity contribution is 7.88. The van der Waals surface area contributed by atoms with E-state index in [1.54, 1.807) is 38.3 Å². The zero-order valence-corrected chi connectivity index (χ0v) is 26.9. The van der Waals surface area contributed by atoms with E-state index < -0.39 is 21.6 Å². The maximum absolute atomic E-state index is 11.9. The Balaban J connectivity index is 1.91. The van der Waals surface area contributed by atoms with Crippen LogP contribution in [0.4, 0.5) is 34.4 Å². The number of aryl methyl sites for hydroxylation is 2. The third-order valence-corrected chi connectivity index (χ3v) is 8.41. The highest BCUT2D eigenvalue weighted by Crippen LogP contribution is 2.36. The smallest absolute Gasteiger partial charge is 0.156 e. The SMILES string of the molecule is C=CS(=O)CCNc1nc(NCCCOC)c(N=Nc2cc(C)c(N=Nc3ccc(S(=O)C=C)cc3)cc2C)c(C)c1C#N. The summed E-state index contributed by atoms with van der Waals surface area (Å²) < 4.78 is 28.8. The molecule has 1 heterocycles. The molecular weight excluding hydrogens is 597 g/mol. The molecule has 2 atom stereocenters. The molecule has 0 aliphatic heterocycles. The second-order valence-corrected chi connectivity index (χ2v) is 12.4. The highest BCUT2D eigenvalue weighted by Gasteiger charge is 2.18. The van der Waals surface area contributed by atoms with Gasteiger partial charge < -0.3 is 15.4 Å². The second kappa shape index (κ2) is 17.0. The van der Waals surface area contributed by atoms with Gasteiger partial charge in [0.05, 0.1) is 33.4 Å². The van der Waals surface area contributed by atoms with E-state index in [1.807, 2.05) is 26.0 Å². The van der Waals surface area contributed by atoms with E-state index in [9.17, 15) is 13.7 Å². The molecule has 2 aromatic carbocycles. The summed E-state index contributed by atoms with van der Waals surface area (Å²) in [6, 6.07) is 12.9. The van der Waals surface area contributed by atoms with Crippen molar-refractivity contribution in [2.45, 2.75) is 32.1 Å². The molecule has 0 spiro atoms. The fraction of sp³-hybridized carbons (Fsp3) is 0.290. The molecule has 0 bridgehead atoms. The van der Waals surface area contributed by atoms with Gasteiger partial charge in [-0.1, -0.05) is 13.2 Å². The number of hydrogen-bond acceptors (Lipinski definition) is 11. The number of azo groups is 2. The minimum atomic E-state index is -1.25. The Morgan fingerprint density at radius 3 is 2.16 bits per heavy atom. The number of nitrogens with zero attached hydrogens (tertiary/aromatic N) is 6. The Morgan fingerprint density at radius 2 is 1.57 bits per heavy atom. The van der Waals surface area contributed by atoms with Gasteiger partial charge in [0.1, 0.15) is 17.6 Å². The third-order valence-electron chi connectivity index (χ3n) is 6.39. The van der Waals surface area contributed by atoms with Gasteiger partial charge in [-0.2, -0.15) is 20.6 Å². The molecule has 0 fully saturated rings. The minimum absolute atomic E-state index is 0.332. The first-order chi connectivity index (χ1) is 21.2. The first-order valence-corrected chi connectivity index (χ1v) is 16.3. The quantitative estimate of drug-likeness (QED) is 0.121. The van der Waals surface area contributed by atoms with Gasteiger partial charge in [-0.3, -0.25) is 4.21 Å². The summed E-state index contributed by atoms with van der Waals surface area (Å²) in [6.45, 7) is 14.2. The molecule has 3 aromatic rings. The molecule has 44 heavy (non-hydrogen) atoms. The Bertz CT molecular complexity index is 1650. The fourth-order valence-corrected chi connectivity index (χ4v) is 5.01. The summed E-state index contributed by atoms with van der Waals surface area (Å²) in [5, 5.41) is 36.9. The lowest BCUT2D eigenvalue weighted by Crippen LogP contribution is -2.14. The molecule has 0 saturated heterocycles. The van der Waals surface area contributed by atoms with E-state index in [2.05, 4.69) is 55.3 Å². The van der Waals surface area contributed by atoms with E-state index in [0.717, 1.165) is 17.5 Å². The minimum Gasteiger partial charge on any atom is -0.385 e. The standard InChI is InChI=1S/C31H36N8O3S2/c1-7-43(40)17-15-34-30-26(20-32)23(5)29(31(35-30)33-14-9-16-42-6)39-38-28-19-21(3)27(18-22(28)4)37-36-24-10-12-25(13-11-24)44(41)8-2/h7-8,10-13,18-19H,1-2,9,14-17H2,3-6H3,(H2,33,34,35). The maximum atomic E-state index is 11.9. The normalized spacial score (nSPS) is 12.6. The van der Waals surface area contributed by atoms with Crippen molar-refractivity contribution in [2.75, 3.05) is 43.2 Å². The number of hydrogen-bond donors (Lipinski definition) is 2. The van der Waals surface area contributed by atoms with Crippen LogP contribution in [0.3, 0.4) is 0 Å². The van der Waals surface area contributed by atoms with Gasteiger partial charge in [0.15, 0.2) is 5.82 Å². The van der Waals surface area contributed by atoms with Gasteiger partial charge >= 0.3 is 0 Å². The zero-order valence-electron chi connectivity index (χ0n) is 25.3. The molecule has 0 radical (unpaired) electrons. The molecule has 2 N–H and O–H groups in total. The number of nitriles is 1. The number of benzene rings is 2. The number of nitrogens with one attached hydrogen (secondary N) is 2. The van der Waals surface area contributed by atoms with Crippen molar-refractivity contribution in [3.8, 4) is 6.07 Å². The van der Waals surface area contributed by atoms with E-state index in [-0.39, 0.29) is 0 Å². The van der Waals surface area contributed by atoms with Gasteiger partial charge in [-0.25, -0.2) is 9.19 Å². The molecular formula is C31H36N8O3S2. The summed E-state index contributed by atoms with van der Waals surface area (Å²) in [5.41, 5.74) is 5.01. The molecule has 11 nitrogen and oxygen atoms in total. The number of ether oxygens (including phenoxy) is 1. The summed E-state index contributed by atoms with van der Waals surface area (Å²) >= 11 is 0. The van der Waals surface area contributed by atoms with E-state index >= 15 is 0 Å². The van der Waals surface area contributed by atoms with Crippen molar-refractivity contribution in [1.82, 2.24) is 4.98 Å². The molecule has 1 aromatic heterocycles. The average molecular weight is 633 g/mol. The van der Waals surface area contributed by atoms with E-state index in [0.29, 0.717) is 75.9 Å². The number of pyridine rings is 1. The van der Waals surface area contributed by atoms with Gasteiger partial charge in [-0.05, 0) is 80.1 Å². The largest absolute Gasteiger partial charge is 0.385 e. The topological polar surface area (TPSA) is 154 Å². The van der Waals surface area contributed by atoms with Gasteiger partial charge in [0.2, 0.25) is 0 Å². The summed E-state index contributed by atoms with van der Waals surface area (Å²) in [4.78, 5) is 5.30. The van der Waals surface area contributed by atoms with Crippen LogP contribution in [0, 0.1) is 32.1 Å². The van der Waals surface area contributed by atoms with Crippen LogP contribution in [0.25, 0.3) is 0 Å². The summed E-state index contributed by atoms with van der Waals surface area (Å²) in [7, 11) is -0.783. The number of aromatic nitrogens is 1. The molecule has 230 valence electrons. The number of methoxy groups -OCH3 is 1. The molecule has 3 rings (SSSR count). The Labute approximate surface area is 263 Å². The van der Waals surface area contributed by atoms with Crippen LogP contribution in [0.5, 0.6) is 0 Å². The summed E-state index contributed by atoms with van der Waals surface area (Å²) in [5.74, 6) is 1.19. The highest BCUT2D eigenvalue weighted by atomic mass is 32.2. The molecule has 0 aliphatic rings. The van der Waals surface area contributed by atoms with Crippen LogP contribution < -0.4 is 10.6 Å². The van der Waals surface area contributed by atoms with Crippen molar-refractivity contribution in [3.63, 3.8) is 0 Å².